The monoisotopic (exact) mass is 1830 g/mol. The van der Waals surface area contributed by atoms with E-state index in [1.165, 1.54) is 73.0 Å². The van der Waals surface area contributed by atoms with Crippen LogP contribution in [0.1, 0.15) is 117 Å². The van der Waals surface area contributed by atoms with Gasteiger partial charge in [0.15, 0.2) is 0 Å². The second kappa shape index (κ2) is 50.2. The number of aliphatic hydroxyl groups excluding tert-OH is 1. The number of benzene rings is 5. The lowest BCUT2D eigenvalue weighted by molar-refractivity contribution is -0.146. The Kier molecular flexibility index (Phi) is 40.0. The van der Waals surface area contributed by atoms with Crippen LogP contribution in [0.25, 0.3) is 22.0 Å². The summed E-state index contributed by atoms with van der Waals surface area (Å²) >= 11 is 0.711. The number of carbonyl (C=O) groups excluding carboxylic acids is 16. The molecule has 0 bridgehead atoms. The van der Waals surface area contributed by atoms with E-state index in [0.29, 0.717) is 39.4 Å². The Morgan fingerprint density at radius 2 is 0.924 bits per heavy atom. The Bertz CT molecular complexity index is 5040. The molecule has 40 heteroatoms. The fourth-order valence-corrected chi connectivity index (χ4v) is 15.0. The number of thioether (sulfide) groups is 1. The van der Waals surface area contributed by atoms with Crippen molar-refractivity contribution in [3.8, 4) is 16.9 Å². The third kappa shape index (κ3) is 32.7. The smallest absolute Gasteiger partial charge is 0.305 e. The van der Waals surface area contributed by atoms with Crippen LogP contribution in [0.4, 0.5) is 0 Å². The van der Waals surface area contributed by atoms with Crippen LogP contribution in [-0.4, -0.2) is 265 Å². The number of primary amides is 1. The van der Waals surface area contributed by atoms with Crippen molar-refractivity contribution in [3.05, 3.63) is 162 Å². The van der Waals surface area contributed by atoms with Gasteiger partial charge in [0.05, 0.1) is 25.3 Å². The molecule has 0 aliphatic carbocycles. The molecule has 0 unspecified atom stereocenters. The number of rotatable bonds is 23. The predicted octanol–water partition coefficient (Wildman–Crippen LogP) is -0.229. The Balaban J connectivity index is 1.31. The summed E-state index contributed by atoms with van der Waals surface area (Å²) in [5.41, 5.74) is 9.27. The molecule has 1 fully saturated rings. The summed E-state index contributed by atoms with van der Waals surface area (Å²) < 4.78 is 0. The van der Waals surface area contributed by atoms with Crippen molar-refractivity contribution in [2.45, 2.75) is 205 Å². The Hall–Kier alpha value is -13.8. The van der Waals surface area contributed by atoms with Crippen molar-refractivity contribution < 1.29 is 107 Å². The summed E-state index contributed by atoms with van der Waals surface area (Å²) in [6, 6.07) is 13.7. The van der Waals surface area contributed by atoms with Crippen molar-refractivity contribution in [2.75, 3.05) is 38.8 Å². The summed E-state index contributed by atoms with van der Waals surface area (Å²) in [5, 5.41) is 75.2. The SMILES string of the molecule is CC(C)C[C@@H]1NC(=O)[C@H](C)NC(=O)CN(C)C(=O)[C@H](C)N(C)C(=O)[C@H](CCC(=O)O)NC(=O)[C@H](Cc2ccc(-c3ccccc3)cc2)NC(=O)[C@H](CC(C)C)NC(=O)[C@H](Cc2c[nH]c3ccccc23)NC(=O)[C@H](CC(=O)O)NC(=O)[C@H](Cc2ccc(O)cc2)NC(=O)[C@H](Cc2ccccc2)NC(=O)CSC[C@@H](C(=O)N[C@@H](C)C(N)=O)NC(=O)[C@H](CO)NC(=O)[C@H](C(C)C)NC1=O. The van der Waals surface area contributed by atoms with Crippen molar-refractivity contribution in [2.24, 2.45) is 23.5 Å². The second-order valence-electron chi connectivity index (χ2n) is 33.5. The largest absolute Gasteiger partial charge is 0.508 e. The molecule has 0 radical (unpaired) electrons. The third-order valence-corrected chi connectivity index (χ3v) is 22.6. The molecule has 1 aliphatic heterocycles. The molecule has 6 aromatic rings. The van der Waals surface area contributed by atoms with Gasteiger partial charge in [0.25, 0.3) is 0 Å². The maximum atomic E-state index is 15.4. The minimum atomic E-state index is -2.08. The highest BCUT2D eigenvalue weighted by atomic mass is 32.2. The molecule has 0 spiro atoms. The maximum absolute atomic E-state index is 15.4. The van der Waals surface area contributed by atoms with Crippen LogP contribution < -0.4 is 74.9 Å². The van der Waals surface area contributed by atoms with Gasteiger partial charge in [-0.3, -0.25) is 86.3 Å². The number of fused-ring (bicyclic) bond motifs is 1. The molecule has 7 rings (SSSR count). The van der Waals surface area contributed by atoms with E-state index in [4.69, 9.17) is 5.73 Å². The van der Waals surface area contributed by atoms with E-state index < -0.39 is 253 Å². The number of likely N-dealkylation sites (N-methyl/N-ethyl adjacent to an activating group) is 2. The van der Waals surface area contributed by atoms with Crippen LogP contribution in [0.3, 0.4) is 0 Å². The number of aromatic hydroxyl groups is 1. The van der Waals surface area contributed by atoms with Crippen molar-refractivity contribution in [1.82, 2.24) is 83.9 Å². The zero-order chi connectivity index (χ0) is 96.6. The number of phenols is 1. The molecule has 131 heavy (non-hydrogen) atoms. The molecule has 14 atom stereocenters. The van der Waals surface area contributed by atoms with Gasteiger partial charge < -0.3 is 110 Å². The molecule has 20 N–H and O–H groups in total. The summed E-state index contributed by atoms with van der Waals surface area (Å²) in [7, 11) is 2.39. The van der Waals surface area contributed by atoms with Crippen LogP contribution in [0.2, 0.25) is 0 Å². The van der Waals surface area contributed by atoms with E-state index in [1.807, 2.05) is 30.3 Å². The van der Waals surface area contributed by atoms with Gasteiger partial charge in [-0.25, -0.2) is 0 Å². The number of carboxylic acid groups (broad SMARTS) is 2. The van der Waals surface area contributed by atoms with Gasteiger partial charge in [-0.1, -0.05) is 157 Å². The van der Waals surface area contributed by atoms with Crippen LogP contribution >= 0.6 is 11.8 Å². The topological polar surface area (TPSA) is 593 Å². The zero-order valence-electron chi connectivity index (χ0n) is 74.8. The summed E-state index contributed by atoms with van der Waals surface area (Å²) in [5.74, 6) is -22.2. The molecule has 706 valence electrons. The number of amides is 16. The van der Waals surface area contributed by atoms with Crippen LogP contribution in [0.5, 0.6) is 5.75 Å². The number of H-pyrrole nitrogens is 1. The zero-order valence-corrected chi connectivity index (χ0v) is 75.6. The first kappa shape index (κ1) is 104. The van der Waals surface area contributed by atoms with Crippen LogP contribution in [0, 0.1) is 17.8 Å². The summed E-state index contributed by atoms with van der Waals surface area (Å²) in [4.78, 5) is 262. The third-order valence-electron chi connectivity index (χ3n) is 21.6. The highest BCUT2D eigenvalue weighted by Gasteiger charge is 2.40. The van der Waals surface area contributed by atoms with E-state index >= 15 is 28.8 Å². The Labute approximate surface area is 761 Å². The van der Waals surface area contributed by atoms with E-state index in [2.05, 4.69) is 74.1 Å². The number of phenolic OH excluding ortho intramolecular Hbond substituents is 1. The van der Waals surface area contributed by atoms with Gasteiger partial charge in [-0.05, 0) is 109 Å². The summed E-state index contributed by atoms with van der Waals surface area (Å²) in [6.45, 7) is 11.9. The minimum absolute atomic E-state index is 0.0445. The number of carbonyl (C=O) groups is 18. The first-order chi connectivity index (χ1) is 62.0. The van der Waals surface area contributed by atoms with Crippen molar-refractivity contribution in [3.63, 3.8) is 0 Å². The fraction of sp³-hybridized carbons (Fsp3) is 0.451. The number of carboxylic acids is 2. The molecule has 16 amide bonds. The number of para-hydroxylation sites is 1. The number of aromatic nitrogens is 1. The van der Waals surface area contributed by atoms with Crippen molar-refractivity contribution >= 4 is 129 Å². The number of nitrogens with zero attached hydrogens (tertiary/aromatic N) is 2. The van der Waals surface area contributed by atoms with Gasteiger partial charge in [-0.15, -0.1) is 11.8 Å². The fourth-order valence-electron chi connectivity index (χ4n) is 14.2. The van der Waals surface area contributed by atoms with Gasteiger partial charge >= 0.3 is 11.9 Å². The number of aliphatic hydroxyl groups is 1. The minimum Gasteiger partial charge on any atom is -0.508 e. The number of aromatic amines is 1. The van der Waals surface area contributed by atoms with Gasteiger partial charge in [0, 0.05) is 69.1 Å². The molecule has 0 saturated carbocycles. The molecule has 1 saturated heterocycles. The normalized spacial score (nSPS) is 23.2. The number of hydrogen-bond donors (Lipinski definition) is 19. The molecule has 1 aromatic heterocycles. The number of aliphatic carboxylic acids is 2. The Morgan fingerprint density at radius 3 is 1.46 bits per heavy atom. The number of nitrogens with one attached hydrogen (secondary N) is 14. The number of nitrogens with two attached hydrogens (primary N) is 1. The lowest BCUT2D eigenvalue weighted by Gasteiger charge is -2.32. The Morgan fingerprint density at radius 1 is 0.473 bits per heavy atom. The van der Waals surface area contributed by atoms with E-state index in [0.717, 1.165) is 20.9 Å². The predicted molar refractivity (Wildman–Crippen MR) is 482 cm³/mol. The molecule has 5 aromatic carbocycles. The van der Waals surface area contributed by atoms with E-state index in [-0.39, 0.29) is 49.3 Å². The van der Waals surface area contributed by atoms with Gasteiger partial charge in [-0.2, -0.15) is 0 Å². The van der Waals surface area contributed by atoms with Gasteiger partial charge in [0.2, 0.25) is 94.5 Å². The molecule has 1 aliphatic rings. The molecule has 2 heterocycles. The quantitative estimate of drug-likeness (QED) is 0.0394. The average Bonchev–Trinajstić information content (AvgIpc) is 1.78. The highest BCUT2D eigenvalue weighted by molar-refractivity contribution is 8.00. The summed E-state index contributed by atoms with van der Waals surface area (Å²) in [6.07, 6.45) is -2.53. The molecule has 39 nitrogen and oxygen atoms in total. The highest BCUT2D eigenvalue weighted by Crippen LogP contribution is 2.24. The first-order valence-corrected chi connectivity index (χ1v) is 44.0. The average molecular weight is 1840 g/mol. The maximum Gasteiger partial charge on any atom is 0.305 e. The molecular formula is C91H119N17O22S. The van der Waals surface area contributed by atoms with Gasteiger partial charge in [0.1, 0.15) is 90.3 Å². The van der Waals surface area contributed by atoms with Crippen LogP contribution in [0.15, 0.2) is 140 Å². The second-order valence-corrected chi connectivity index (χ2v) is 34.6. The van der Waals surface area contributed by atoms with Crippen molar-refractivity contribution in [1.29, 1.82) is 0 Å². The molecular weight excluding hydrogens is 1720 g/mol. The standard InChI is InChI=1S/C91H119N17O22S/c1-48(2)36-64-80(119)100-67(39-55-26-30-58(31-27-55)57-22-16-13-17-23-57)82(121)97-63(34-35-75(113)114)91(130)108(11)53(9)90(129)107(10)44-73(111)94-52(8)79(118)98-65(37-49(3)4)86(125)106-77(50(5)6)89(128)104-71(45-109)87(126)105-72(88(127)95-51(7)78(92)117)46-131-47-74(112)96-66(38-54-20-14-12-15-21-54)81(120)101-68(40-56-28-32-60(110)33-29-56)83(122)103-70(42-76(115)116)85(124)102-69(84(123)99-64)41-59-43-93-62-25-19-18-24-61(59)62/h12-33,43,48-53,63-72,77,93,109-110H,34-42,44-47H2,1-11H3,(H2,92,117)(H,94,111)(H,95,127)(H,96,112)(H,97,121)(H,98,118)(H,99,123)(H,100,119)(H,101,120)(H,102,124)(H,103,122)(H,104,128)(H,105,126)(H,106,125)(H,113,114)(H,115,116)/t51-,52-,53-,63-,64-,65-,66-,67-,68-,69-,70-,71-,72-,77-/m0/s1. The van der Waals surface area contributed by atoms with Crippen LogP contribution in [-0.2, 0) is 112 Å². The number of hydrogen-bond acceptors (Lipinski definition) is 21. The van der Waals surface area contributed by atoms with E-state index in [9.17, 15) is 78.0 Å². The van der Waals surface area contributed by atoms with E-state index in [1.54, 1.807) is 113 Å². The first-order valence-electron chi connectivity index (χ1n) is 42.9. The lowest BCUT2D eigenvalue weighted by Crippen LogP contribution is -2.61. The lowest BCUT2D eigenvalue weighted by atomic mass is 9.98.